The molecular formula is C27H30F4N4O3S. The molecule has 1 aromatic heterocycles. The second-order valence-electron chi connectivity index (χ2n) is 9.62. The number of anilines is 2. The van der Waals surface area contributed by atoms with E-state index in [4.69, 9.17) is 4.74 Å². The highest BCUT2D eigenvalue weighted by molar-refractivity contribution is 7.90. The van der Waals surface area contributed by atoms with Gasteiger partial charge in [0.05, 0.1) is 35.8 Å². The number of nitrogens with one attached hydrogen (secondary N) is 2. The molecule has 0 spiro atoms. The lowest BCUT2D eigenvalue weighted by molar-refractivity contribution is -0.139. The van der Waals surface area contributed by atoms with Crippen LogP contribution in [0.1, 0.15) is 12.0 Å². The summed E-state index contributed by atoms with van der Waals surface area (Å²) >= 11 is 0. The van der Waals surface area contributed by atoms with Gasteiger partial charge in [-0.25, -0.2) is 12.8 Å². The Labute approximate surface area is 225 Å². The average Bonchev–Trinajstić information content (AvgIpc) is 3.24. The number of aromatic nitrogens is 1. The maximum absolute atomic E-state index is 14.7. The Bertz CT molecular complexity index is 1510. The van der Waals surface area contributed by atoms with Crippen molar-refractivity contribution < 1.29 is 30.7 Å². The Balaban J connectivity index is 1.60. The van der Waals surface area contributed by atoms with E-state index in [0.29, 0.717) is 46.6 Å². The fraction of sp³-hybridized carbons (Fsp3) is 0.407. The number of sulfone groups is 1. The van der Waals surface area contributed by atoms with Crippen LogP contribution < -0.4 is 15.4 Å². The van der Waals surface area contributed by atoms with Gasteiger partial charge in [-0.3, -0.25) is 0 Å². The van der Waals surface area contributed by atoms with E-state index in [-0.39, 0.29) is 18.0 Å². The predicted molar refractivity (Wildman–Crippen MR) is 144 cm³/mol. The lowest BCUT2D eigenvalue weighted by atomic mass is 10.0. The number of hydrogen-bond acceptors (Lipinski definition) is 6. The molecule has 1 saturated heterocycles. The van der Waals surface area contributed by atoms with Crippen molar-refractivity contribution in [3.8, 4) is 17.6 Å². The van der Waals surface area contributed by atoms with Crippen molar-refractivity contribution in [3.05, 3.63) is 48.2 Å². The molecule has 0 unspecified atom stereocenters. The monoisotopic (exact) mass is 566 g/mol. The number of fused-ring (bicyclic) bond motifs is 1. The van der Waals surface area contributed by atoms with Gasteiger partial charge in [0.25, 0.3) is 0 Å². The van der Waals surface area contributed by atoms with E-state index >= 15 is 0 Å². The zero-order valence-electron chi connectivity index (χ0n) is 21.8. The summed E-state index contributed by atoms with van der Waals surface area (Å²) in [6, 6.07) is 8.87. The standard InChI is InChI=1S/C27H30F4N4O3S/c1-34-11-9-22(21(28)16-34)33-24-13-18(14-25-20(24)8-12-35(25)17-27(29,30)31)5-4-10-32-23-7-6-19(39(3,36)37)15-26(23)38-2/h6-8,12-15,21-22,32-33H,9-11,16-17H2,1-3H3/t21-,22-/m0/s1. The smallest absolute Gasteiger partial charge is 0.406 e. The molecule has 2 N–H and O–H groups in total. The lowest BCUT2D eigenvalue weighted by Crippen LogP contribution is -2.46. The van der Waals surface area contributed by atoms with Crippen LogP contribution in [0.2, 0.25) is 0 Å². The summed E-state index contributed by atoms with van der Waals surface area (Å²) in [7, 11) is -0.136. The Kier molecular flexibility index (Phi) is 8.32. The normalized spacial score (nSPS) is 18.4. The summed E-state index contributed by atoms with van der Waals surface area (Å²) in [4.78, 5) is 2.02. The molecule has 2 aromatic carbocycles. The zero-order chi connectivity index (χ0) is 28.4. The maximum atomic E-state index is 14.7. The van der Waals surface area contributed by atoms with E-state index in [1.807, 2.05) is 11.9 Å². The molecule has 0 radical (unpaired) electrons. The number of likely N-dealkylation sites (tertiary alicyclic amines) is 1. The molecule has 3 aromatic rings. The van der Waals surface area contributed by atoms with E-state index in [2.05, 4.69) is 22.5 Å². The molecule has 1 aliphatic heterocycles. The van der Waals surface area contributed by atoms with Crippen LogP contribution in [0, 0.1) is 11.8 Å². The van der Waals surface area contributed by atoms with Crippen LogP contribution >= 0.6 is 0 Å². The van der Waals surface area contributed by atoms with Gasteiger partial charge in [0.1, 0.15) is 18.5 Å². The second kappa shape index (κ2) is 11.4. The third-order valence-corrected chi connectivity index (χ3v) is 7.64. The Morgan fingerprint density at radius 1 is 1.15 bits per heavy atom. The highest BCUT2D eigenvalue weighted by atomic mass is 32.2. The van der Waals surface area contributed by atoms with Crippen molar-refractivity contribution in [2.45, 2.75) is 36.3 Å². The maximum Gasteiger partial charge on any atom is 0.406 e. The van der Waals surface area contributed by atoms with E-state index in [0.717, 1.165) is 10.8 Å². The summed E-state index contributed by atoms with van der Waals surface area (Å²) < 4.78 is 84.3. The van der Waals surface area contributed by atoms with Gasteiger partial charge < -0.3 is 24.8 Å². The van der Waals surface area contributed by atoms with Gasteiger partial charge in [-0.05, 0) is 43.8 Å². The number of piperidine rings is 1. The minimum atomic E-state index is -4.41. The number of nitrogens with zero attached hydrogens (tertiary/aromatic N) is 2. The van der Waals surface area contributed by atoms with E-state index in [9.17, 15) is 26.0 Å². The number of alkyl halides is 4. The number of hydrogen-bond donors (Lipinski definition) is 2. The van der Waals surface area contributed by atoms with Crippen LogP contribution in [0.4, 0.5) is 28.9 Å². The molecule has 1 fully saturated rings. The lowest BCUT2D eigenvalue weighted by Gasteiger charge is -2.33. The molecule has 0 amide bonds. The van der Waals surface area contributed by atoms with Gasteiger partial charge in [-0.2, -0.15) is 13.2 Å². The van der Waals surface area contributed by atoms with Crippen molar-refractivity contribution in [2.75, 3.05) is 50.7 Å². The van der Waals surface area contributed by atoms with Crippen LogP contribution in [0.25, 0.3) is 10.9 Å². The predicted octanol–water partition coefficient (Wildman–Crippen LogP) is 4.53. The first kappa shape index (κ1) is 28.6. The quantitative estimate of drug-likeness (QED) is 0.323. The average molecular weight is 567 g/mol. The molecular weight excluding hydrogens is 536 g/mol. The van der Waals surface area contributed by atoms with Crippen molar-refractivity contribution >= 4 is 32.1 Å². The van der Waals surface area contributed by atoms with Gasteiger partial charge >= 0.3 is 6.18 Å². The largest absolute Gasteiger partial charge is 0.495 e. The molecule has 4 rings (SSSR count). The molecule has 12 heteroatoms. The number of rotatable bonds is 7. The van der Waals surface area contributed by atoms with Crippen LogP contribution in [0.3, 0.4) is 0 Å². The van der Waals surface area contributed by atoms with Gasteiger partial charge in [-0.1, -0.05) is 11.8 Å². The summed E-state index contributed by atoms with van der Waals surface area (Å²) in [5, 5.41) is 6.83. The number of benzene rings is 2. The van der Waals surface area contributed by atoms with Gasteiger partial charge in [-0.15, -0.1) is 0 Å². The molecule has 7 nitrogen and oxygen atoms in total. The van der Waals surface area contributed by atoms with Crippen molar-refractivity contribution in [1.82, 2.24) is 9.47 Å². The molecule has 2 heterocycles. The summed E-state index contributed by atoms with van der Waals surface area (Å²) in [5.74, 6) is 6.24. The van der Waals surface area contributed by atoms with Crippen molar-refractivity contribution in [1.29, 1.82) is 0 Å². The summed E-state index contributed by atoms with van der Waals surface area (Å²) in [5.41, 5.74) is 1.88. The number of ether oxygens (including phenoxy) is 1. The van der Waals surface area contributed by atoms with E-state index in [1.54, 1.807) is 24.3 Å². The molecule has 2 atom stereocenters. The topological polar surface area (TPSA) is 75.6 Å². The number of methoxy groups -OCH3 is 1. The fourth-order valence-electron chi connectivity index (χ4n) is 4.57. The first-order valence-corrected chi connectivity index (χ1v) is 14.1. The van der Waals surface area contributed by atoms with Crippen LogP contribution in [-0.2, 0) is 16.4 Å². The first-order chi connectivity index (χ1) is 18.3. The second-order valence-corrected chi connectivity index (χ2v) is 11.6. The third-order valence-electron chi connectivity index (χ3n) is 6.52. The van der Waals surface area contributed by atoms with E-state index in [1.165, 1.54) is 25.4 Å². The number of halogens is 4. The van der Waals surface area contributed by atoms with E-state index < -0.39 is 34.8 Å². The Morgan fingerprint density at radius 2 is 1.92 bits per heavy atom. The van der Waals surface area contributed by atoms with Gasteiger partial charge in [0.15, 0.2) is 9.84 Å². The zero-order valence-corrected chi connectivity index (χ0v) is 22.6. The minimum Gasteiger partial charge on any atom is -0.495 e. The van der Waals surface area contributed by atoms with Gasteiger partial charge in [0, 0.05) is 48.2 Å². The first-order valence-electron chi connectivity index (χ1n) is 12.2. The van der Waals surface area contributed by atoms with Crippen LogP contribution in [-0.4, -0.2) is 76.3 Å². The summed E-state index contributed by atoms with van der Waals surface area (Å²) in [6.45, 7) is -0.0239. The molecule has 210 valence electrons. The highest BCUT2D eigenvalue weighted by Crippen LogP contribution is 2.31. The van der Waals surface area contributed by atoms with Crippen LogP contribution in [0.5, 0.6) is 5.75 Å². The molecule has 0 bridgehead atoms. The summed E-state index contributed by atoms with van der Waals surface area (Å²) in [6.07, 6.45) is -2.50. The highest BCUT2D eigenvalue weighted by Gasteiger charge is 2.30. The molecule has 0 saturated carbocycles. The minimum absolute atomic E-state index is 0.117. The third kappa shape index (κ3) is 7.16. The fourth-order valence-corrected chi connectivity index (χ4v) is 5.21. The molecule has 0 aliphatic carbocycles. The Hall–Kier alpha value is -3.43. The molecule has 39 heavy (non-hydrogen) atoms. The molecule has 1 aliphatic rings. The SMILES string of the molecule is COc1cc(S(C)(=O)=O)ccc1NCC#Cc1cc(N[C@H]2CCN(C)C[C@@H]2F)c2ccn(CC(F)(F)F)c2c1. The van der Waals surface area contributed by atoms with Gasteiger partial charge in [0.2, 0.25) is 0 Å². The van der Waals surface area contributed by atoms with Crippen molar-refractivity contribution in [3.63, 3.8) is 0 Å². The van der Waals surface area contributed by atoms with Crippen LogP contribution in [0.15, 0.2) is 47.5 Å². The van der Waals surface area contributed by atoms with Crippen molar-refractivity contribution in [2.24, 2.45) is 0 Å². The Morgan fingerprint density at radius 3 is 2.59 bits per heavy atom.